The van der Waals surface area contributed by atoms with Gasteiger partial charge in [0.1, 0.15) is 18.1 Å². The van der Waals surface area contributed by atoms with Gasteiger partial charge in [-0.05, 0) is 38.1 Å². The molecule has 2 aromatic rings. The smallest absolute Gasteiger partial charge is 0.478 e. The van der Waals surface area contributed by atoms with Crippen LogP contribution in [0.15, 0.2) is 85.0 Å². The van der Waals surface area contributed by atoms with Gasteiger partial charge in [-0.2, -0.15) is 0 Å². The highest BCUT2D eigenvalue weighted by atomic mass is 31.2. The maximum absolute atomic E-state index is 12.9. The SMILES string of the molecule is C=C(C)C(=O)O.C=C(C)C(=O)OCCOP(=O)(Oc1ccccc1)Oc1ccccc1. The van der Waals surface area contributed by atoms with E-state index in [1.807, 2.05) is 0 Å². The van der Waals surface area contributed by atoms with Crippen LogP contribution in [0.25, 0.3) is 0 Å². The van der Waals surface area contributed by atoms with Crippen LogP contribution >= 0.6 is 7.82 Å². The summed E-state index contributed by atoms with van der Waals surface area (Å²) in [5.41, 5.74) is 0.444. The number of phosphoric ester groups is 1. The second-order valence-corrected chi connectivity index (χ2v) is 7.61. The number of carboxylic acid groups (broad SMARTS) is 1. The first-order valence-corrected chi connectivity index (χ1v) is 10.5. The summed E-state index contributed by atoms with van der Waals surface area (Å²) in [5.74, 6) is -0.817. The number of aliphatic carboxylic acids is 1. The Balaban J connectivity index is 0.000000703. The third-order valence-corrected chi connectivity index (χ3v) is 4.57. The number of para-hydroxylation sites is 2. The van der Waals surface area contributed by atoms with Crippen LogP contribution in [0, 0.1) is 0 Å². The minimum atomic E-state index is -3.96. The lowest BCUT2D eigenvalue weighted by molar-refractivity contribution is -0.139. The largest absolute Gasteiger partial charge is 0.587 e. The average molecular weight is 448 g/mol. The molecule has 2 rings (SSSR count). The third-order valence-electron chi connectivity index (χ3n) is 3.20. The van der Waals surface area contributed by atoms with Crippen LogP contribution in [0.5, 0.6) is 11.5 Å². The van der Waals surface area contributed by atoms with Crippen LogP contribution in [0.3, 0.4) is 0 Å². The summed E-state index contributed by atoms with van der Waals surface area (Å²) in [6.07, 6.45) is 0. The van der Waals surface area contributed by atoms with Gasteiger partial charge in [0.2, 0.25) is 0 Å². The number of benzene rings is 2. The Labute approximate surface area is 181 Å². The van der Waals surface area contributed by atoms with Crippen LogP contribution in [0.1, 0.15) is 13.8 Å². The number of ether oxygens (including phenoxy) is 1. The Morgan fingerprint density at radius 3 is 1.61 bits per heavy atom. The number of esters is 1. The van der Waals surface area contributed by atoms with Crippen molar-refractivity contribution in [2.45, 2.75) is 13.8 Å². The highest BCUT2D eigenvalue weighted by Gasteiger charge is 2.31. The first-order chi connectivity index (χ1) is 14.6. The summed E-state index contributed by atoms with van der Waals surface area (Å²) in [4.78, 5) is 20.9. The molecule has 0 aliphatic carbocycles. The molecule has 31 heavy (non-hydrogen) atoms. The van der Waals surface area contributed by atoms with Crippen molar-refractivity contribution in [2.24, 2.45) is 0 Å². The van der Waals surface area contributed by atoms with Gasteiger partial charge < -0.3 is 18.9 Å². The van der Waals surface area contributed by atoms with E-state index in [0.717, 1.165) is 0 Å². The van der Waals surface area contributed by atoms with Crippen LogP contribution in [-0.2, 0) is 23.4 Å². The van der Waals surface area contributed by atoms with Crippen molar-refractivity contribution in [1.82, 2.24) is 0 Å². The molecular weight excluding hydrogens is 423 g/mol. The zero-order chi connectivity index (χ0) is 23.3. The molecule has 0 saturated heterocycles. The van der Waals surface area contributed by atoms with E-state index in [1.54, 1.807) is 60.7 Å². The molecule has 166 valence electrons. The second-order valence-electron chi connectivity index (χ2n) is 6.09. The molecule has 1 N–H and O–H groups in total. The quantitative estimate of drug-likeness (QED) is 0.233. The molecule has 0 fully saturated rings. The molecule has 0 spiro atoms. The van der Waals surface area contributed by atoms with E-state index in [1.165, 1.54) is 13.8 Å². The lowest BCUT2D eigenvalue weighted by Gasteiger charge is -2.19. The molecule has 0 aromatic heterocycles. The van der Waals surface area contributed by atoms with Crippen LogP contribution < -0.4 is 9.05 Å². The number of carbonyl (C=O) groups excluding carboxylic acids is 1. The summed E-state index contributed by atoms with van der Waals surface area (Å²) in [6.45, 7) is 9.35. The molecule has 0 bridgehead atoms. The zero-order valence-electron chi connectivity index (χ0n) is 17.4. The van der Waals surface area contributed by atoms with Crippen molar-refractivity contribution in [3.8, 4) is 11.5 Å². The average Bonchev–Trinajstić information content (AvgIpc) is 2.72. The zero-order valence-corrected chi connectivity index (χ0v) is 18.2. The number of carbonyl (C=O) groups is 2. The maximum Gasteiger partial charge on any atom is 0.587 e. The normalized spacial score (nSPS) is 10.1. The van der Waals surface area contributed by atoms with E-state index in [2.05, 4.69) is 13.2 Å². The Kier molecular flexibility index (Phi) is 10.8. The van der Waals surface area contributed by atoms with Crippen molar-refractivity contribution in [1.29, 1.82) is 0 Å². The van der Waals surface area contributed by atoms with Gasteiger partial charge in [0, 0.05) is 11.1 Å². The minimum Gasteiger partial charge on any atom is -0.478 e. The maximum atomic E-state index is 12.9. The Hall–Kier alpha value is -3.35. The lowest BCUT2D eigenvalue weighted by Crippen LogP contribution is -2.13. The Morgan fingerprint density at radius 2 is 1.26 bits per heavy atom. The number of carboxylic acids is 1. The standard InChI is InChI=1S/C18H19O6P.C4H6O2/c1-15(2)18(19)21-13-14-22-25(20,23-16-9-5-3-6-10-16)24-17-11-7-4-8-12-17;1-3(2)4(5)6/h3-12H,1,13-14H2,2H3;1H2,2H3,(H,5,6). The van der Waals surface area contributed by atoms with Crippen LogP contribution in [0.2, 0.25) is 0 Å². The molecule has 0 unspecified atom stereocenters. The van der Waals surface area contributed by atoms with Crippen molar-refractivity contribution in [3.05, 3.63) is 85.0 Å². The summed E-state index contributed by atoms with van der Waals surface area (Å²) in [6, 6.07) is 17.1. The first kappa shape index (κ1) is 25.7. The summed E-state index contributed by atoms with van der Waals surface area (Å²) in [5, 5.41) is 7.89. The number of hydrogen-bond acceptors (Lipinski definition) is 7. The van der Waals surface area contributed by atoms with Gasteiger partial charge in [0.05, 0.1) is 6.61 Å². The van der Waals surface area contributed by atoms with E-state index < -0.39 is 19.8 Å². The fourth-order valence-corrected chi connectivity index (χ4v) is 2.90. The van der Waals surface area contributed by atoms with E-state index >= 15 is 0 Å². The van der Waals surface area contributed by atoms with E-state index in [-0.39, 0.29) is 24.4 Å². The second kappa shape index (κ2) is 13.1. The molecule has 0 heterocycles. The first-order valence-electron chi connectivity index (χ1n) is 9.08. The van der Waals surface area contributed by atoms with Crippen molar-refractivity contribution < 1.29 is 37.6 Å². The summed E-state index contributed by atoms with van der Waals surface area (Å²) < 4.78 is 33.9. The third kappa shape index (κ3) is 10.8. The fraction of sp³-hybridized carbons (Fsp3) is 0.182. The molecule has 2 aromatic carbocycles. The minimum absolute atomic E-state index is 0.105. The van der Waals surface area contributed by atoms with E-state index in [4.69, 9.17) is 23.4 Å². The molecule has 0 amide bonds. The Bertz CT molecular complexity index is 868. The molecule has 9 heteroatoms. The summed E-state index contributed by atoms with van der Waals surface area (Å²) in [7, 11) is -3.96. The van der Waals surface area contributed by atoms with E-state index in [9.17, 15) is 14.2 Å². The van der Waals surface area contributed by atoms with Crippen molar-refractivity contribution in [3.63, 3.8) is 0 Å². The summed E-state index contributed by atoms with van der Waals surface area (Å²) >= 11 is 0. The monoisotopic (exact) mass is 448 g/mol. The van der Waals surface area contributed by atoms with Crippen molar-refractivity contribution >= 4 is 19.8 Å². The van der Waals surface area contributed by atoms with Gasteiger partial charge in [-0.15, -0.1) is 0 Å². The molecular formula is C22H25O8P. The van der Waals surface area contributed by atoms with Gasteiger partial charge in [0.15, 0.2) is 0 Å². The van der Waals surface area contributed by atoms with Gasteiger partial charge in [0.25, 0.3) is 0 Å². The predicted octanol–water partition coefficient (Wildman–Crippen LogP) is 5.04. The van der Waals surface area contributed by atoms with E-state index in [0.29, 0.717) is 11.5 Å². The van der Waals surface area contributed by atoms with Crippen LogP contribution in [0.4, 0.5) is 0 Å². The van der Waals surface area contributed by atoms with Gasteiger partial charge >= 0.3 is 19.8 Å². The number of hydrogen-bond donors (Lipinski definition) is 1. The fourth-order valence-electron chi connectivity index (χ4n) is 1.70. The molecule has 0 aliphatic heterocycles. The highest BCUT2D eigenvalue weighted by molar-refractivity contribution is 7.49. The molecule has 8 nitrogen and oxygen atoms in total. The van der Waals surface area contributed by atoms with Gasteiger partial charge in [-0.3, -0.25) is 4.52 Å². The molecule has 0 atom stereocenters. The van der Waals surface area contributed by atoms with Gasteiger partial charge in [-0.25, -0.2) is 14.2 Å². The van der Waals surface area contributed by atoms with Crippen molar-refractivity contribution in [2.75, 3.05) is 13.2 Å². The number of rotatable bonds is 10. The predicted molar refractivity (Wildman–Crippen MR) is 116 cm³/mol. The molecule has 0 radical (unpaired) electrons. The van der Waals surface area contributed by atoms with Crippen LogP contribution in [-0.4, -0.2) is 30.3 Å². The molecule has 0 saturated carbocycles. The van der Waals surface area contributed by atoms with Gasteiger partial charge in [-0.1, -0.05) is 49.6 Å². The molecule has 0 aliphatic rings. The Morgan fingerprint density at radius 1 is 0.839 bits per heavy atom. The number of phosphoric acid groups is 1. The lowest BCUT2D eigenvalue weighted by atomic mass is 10.3. The highest BCUT2D eigenvalue weighted by Crippen LogP contribution is 2.49. The topological polar surface area (TPSA) is 108 Å².